The Kier molecular flexibility index (Phi) is 4.57. The SMILES string of the molecule is O=C(O)N[C@@H](Cc1ccccc1)CN1CC(=O)n2c(cc3ccccc32)C1=O. The number of nitrogens with one attached hydrogen (secondary N) is 1. The van der Waals surface area contributed by atoms with E-state index >= 15 is 0 Å². The van der Waals surface area contributed by atoms with E-state index in [4.69, 9.17) is 0 Å². The van der Waals surface area contributed by atoms with E-state index in [9.17, 15) is 19.5 Å². The van der Waals surface area contributed by atoms with Crippen LogP contribution in [0.3, 0.4) is 0 Å². The third-order valence-corrected chi connectivity index (χ3v) is 4.89. The fraction of sp³-hybridized carbons (Fsp3) is 0.190. The molecule has 0 bridgehead atoms. The second-order valence-corrected chi connectivity index (χ2v) is 6.84. The van der Waals surface area contributed by atoms with Crippen LogP contribution in [0.2, 0.25) is 0 Å². The van der Waals surface area contributed by atoms with Gasteiger partial charge >= 0.3 is 6.09 Å². The maximum Gasteiger partial charge on any atom is 0.404 e. The van der Waals surface area contributed by atoms with Crippen LogP contribution in [0.5, 0.6) is 0 Å². The average molecular weight is 377 g/mol. The molecule has 0 saturated heterocycles. The first-order chi connectivity index (χ1) is 13.5. The van der Waals surface area contributed by atoms with E-state index in [0.29, 0.717) is 17.6 Å². The number of hydrogen-bond donors (Lipinski definition) is 2. The third kappa shape index (κ3) is 3.34. The van der Waals surface area contributed by atoms with Crippen LogP contribution in [0.15, 0.2) is 60.7 Å². The lowest BCUT2D eigenvalue weighted by Crippen LogP contribution is -2.51. The highest BCUT2D eigenvalue weighted by Gasteiger charge is 2.33. The molecule has 142 valence electrons. The number of carbonyl (C=O) groups excluding carboxylic acids is 2. The van der Waals surface area contributed by atoms with Gasteiger partial charge in [0.15, 0.2) is 0 Å². The standard InChI is InChI=1S/C21H19N3O4/c25-19-13-23(12-16(22-21(27)28)10-14-6-2-1-3-7-14)20(26)18-11-15-8-4-5-9-17(15)24(18)19/h1-9,11,16,22H,10,12-13H2,(H,27,28)/t16-/m0/s1. The highest BCUT2D eigenvalue weighted by molar-refractivity contribution is 6.09. The van der Waals surface area contributed by atoms with Crippen molar-refractivity contribution < 1.29 is 19.5 Å². The average Bonchev–Trinajstić information content (AvgIpc) is 3.06. The molecule has 1 aliphatic rings. The van der Waals surface area contributed by atoms with Crippen LogP contribution in [0, 0.1) is 0 Å². The number of benzene rings is 2. The quantitative estimate of drug-likeness (QED) is 0.715. The second-order valence-electron chi connectivity index (χ2n) is 6.84. The number of hydrogen-bond acceptors (Lipinski definition) is 3. The van der Waals surface area contributed by atoms with Crippen molar-refractivity contribution in [3.05, 3.63) is 71.9 Å². The molecule has 2 heterocycles. The van der Waals surface area contributed by atoms with E-state index in [0.717, 1.165) is 10.9 Å². The molecule has 1 aromatic heterocycles. The minimum absolute atomic E-state index is 0.0862. The summed E-state index contributed by atoms with van der Waals surface area (Å²) in [5, 5.41) is 12.5. The zero-order valence-corrected chi connectivity index (χ0v) is 15.0. The Hall–Kier alpha value is -3.61. The monoisotopic (exact) mass is 377 g/mol. The highest BCUT2D eigenvalue weighted by Crippen LogP contribution is 2.24. The molecule has 2 amide bonds. The van der Waals surface area contributed by atoms with Gasteiger partial charge in [-0.2, -0.15) is 0 Å². The van der Waals surface area contributed by atoms with E-state index < -0.39 is 12.1 Å². The summed E-state index contributed by atoms with van der Waals surface area (Å²) < 4.78 is 1.45. The van der Waals surface area contributed by atoms with Crippen LogP contribution in [-0.2, 0) is 6.42 Å². The van der Waals surface area contributed by atoms with Gasteiger partial charge in [0.25, 0.3) is 11.8 Å². The smallest absolute Gasteiger partial charge is 0.404 e. The first-order valence-electron chi connectivity index (χ1n) is 8.99. The van der Waals surface area contributed by atoms with Crippen molar-refractivity contribution in [1.29, 1.82) is 0 Å². The van der Waals surface area contributed by atoms with Crippen molar-refractivity contribution in [2.45, 2.75) is 12.5 Å². The minimum atomic E-state index is -1.16. The van der Waals surface area contributed by atoms with Gasteiger partial charge in [-0.3, -0.25) is 14.2 Å². The summed E-state index contributed by atoms with van der Waals surface area (Å²) in [5.41, 5.74) is 1.97. The van der Waals surface area contributed by atoms with Gasteiger partial charge in [-0.05, 0) is 24.1 Å². The molecule has 3 aromatic rings. The number of aromatic nitrogens is 1. The summed E-state index contributed by atoms with van der Waals surface area (Å²) in [6.45, 7) is 0.0321. The first kappa shape index (κ1) is 17.8. The van der Waals surface area contributed by atoms with Crippen LogP contribution < -0.4 is 5.32 Å². The zero-order valence-electron chi connectivity index (χ0n) is 15.0. The van der Waals surface area contributed by atoms with Gasteiger partial charge in [-0.1, -0.05) is 48.5 Å². The molecule has 0 spiro atoms. The fourth-order valence-electron chi connectivity index (χ4n) is 3.70. The second kappa shape index (κ2) is 7.19. The van der Waals surface area contributed by atoms with Crippen LogP contribution in [0.1, 0.15) is 20.8 Å². The number of nitrogens with zero attached hydrogens (tertiary/aromatic N) is 2. The Labute approximate surface area is 161 Å². The summed E-state index contributed by atoms with van der Waals surface area (Å²) in [5.74, 6) is -0.481. The van der Waals surface area contributed by atoms with Crippen LogP contribution in [-0.4, -0.2) is 51.6 Å². The highest BCUT2D eigenvalue weighted by atomic mass is 16.4. The van der Waals surface area contributed by atoms with Gasteiger partial charge in [0.1, 0.15) is 12.2 Å². The van der Waals surface area contributed by atoms with Crippen LogP contribution in [0.4, 0.5) is 4.79 Å². The summed E-state index contributed by atoms with van der Waals surface area (Å²) in [6, 6.07) is 18.0. The summed E-state index contributed by atoms with van der Waals surface area (Å²) in [4.78, 5) is 38.3. The van der Waals surface area contributed by atoms with E-state index in [-0.39, 0.29) is 24.9 Å². The molecule has 7 nitrogen and oxygen atoms in total. The Morgan fingerprint density at radius 3 is 2.54 bits per heavy atom. The normalized spacial score (nSPS) is 14.8. The molecular weight excluding hydrogens is 358 g/mol. The van der Waals surface area contributed by atoms with Gasteiger partial charge in [0.2, 0.25) is 0 Å². The van der Waals surface area contributed by atoms with E-state index in [1.54, 1.807) is 6.07 Å². The van der Waals surface area contributed by atoms with Gasteiger partial charge in [0.05, 0.1) is 11.6 Å². The van der Waals surface area contributed by atoms with Crippen molar-refractivity contribution in [3.63, 3.8) is 0 Å². The maximum absolute atomic E-state index is 13.0. The number of carbonyl (C=O) groups is 3. The van der Waals surface area contributed by atoms with Crippen molar-refractivity contribution in [2.24, 2.45) is 0 Å². The summed E-state index contributed by atoms with van der Waals surface area (Å²) >= 11 is 0. The lowest BCUT2D eigenvalue weighted by molar-refractivity contribution is 0.0608. The van der Waals surface area contributed by atoms with E-state index in [1.807, 2.05) is 54.6 Å². The topological polar surface area (TPSA) is 91.6 Å². The lowest BCUT2D eigenvalue weighted by atomic mass is 10.0. The van der Waals surface area contributed by atoms with Crippen molar-refractivity contribution in [3.8, 4) is 0 Å². The number of fused-ring (bicyclic) bond motifs is 3. The maximum atomic E-state index is 13.0. The van der Waals surface area contributed by atoms with Crippen molar-refractivity contribution in [1.82, 2.24) is 14.8 Å². The molecule has 0 unspecified atom stereocenters. The molecule has 28 heavy (non-hydrogen) atoms. The number of para-hydroxylation sites is 1. The Morgan fingerprint density at radius 2 is 1.79 bits per heavy atom. The third-order valence-electron chi connectivity index (χ3n) is 4.89. The van der Waals surface area contributed by atoms with Gasteiger partial charge in [0, 0.05) is 11.9 Å². The first-order valence-corrected chi connectivity index (χ1v) is 8.99. The number of amides is 2. The molecule has 7 heteroatoms. The number of rotatable bonds is 5. The van der Waals surface area contributed by atoms with E-state index in [1.165, 1.54) is 9.47 Å². The largest absolute Gasteiger partial charge is 0.465 e. The molecule has 0 saturated carbocycles. The van der Waals surface area contributed by atoms with Crippen LogP contribution in [0.25, 0.3) is 10.9 Å². The molecule has 0 radical (unpaired) electrons. The molecule has 0 aliphatic carbocycles. The molecule has 2 aromatic carbocycles. The minimum Gasteiger partial charge on any atom is -0.465 e. The zero-order chi connectivity index (χ0) is 19.7. The molecule has 2 N–H and O–H groups in total. The van der Waals surface area contributed by atoms with Crippen molar-refractivity contribution >= 4 is 28.8 Å². The lowest BCUT2D eigenvalue weighted by Gasteiger charge is -2.30. The molecule has 0 fully saturated rings. The van der Waals surface area contributed by atoms with Gasteiger partial charge in [-0.25, -0.2) is 4.79 Å². The van der Waals surface area contributed by atoms with Gasteiger partial charge in [-0.15, -0.1) is 0 Å². The summed E-state index contributed by atoms with van der Waals surface area (Å²) in [7, 11) is 0. The predicted octanol–water partition coefficient (Wildman–Crippen LogP) is 2.62. The summed E-state index contributed by atoms with van der Waals surface area (Å²) in [6.07, 6.45) is -0.737. The Bertz CT molecular complexity index is 1060. The molecule has 1 atom stereocenters. The number of carboxylic acid groups (broad SMARTS) is 1. The van der Waals surface area contributed by atoms with Crippen molar-refractivity contribution in [2.75, 3.05) is 13.1 Å². The van der Waals surface area contributed by atoms with E-state index in [2.05, 4.69) is 5.32 Å². The molecule has 1 aliphatic heterocycles. The molecular formula is C21H19N3O4. The Balaban J connectivity index is 1.60. The van der Waals surface area contributed by atoms with Gasteiger partial charge < -0.3 is 15.3 Å². The predicted molar refractivity (Wildman–Crippen MR) is 104 cm³/mol. The fourth-order valence-corrected chi connectivity index (χ4v) is 3.70. The Morgan fingerprint density at radius 1 is 1.07 bits per heavy atom. The molecule has 4 rings (SSSR count). The van der Waals surface area contributed by atoms with Crippen LogP contribution >= 0.6 is 0 Å².